The molecule has 1 amide bonds. The number of Topliss-reactive ketones (excluding diaryl/α,β-unsaturated/α-hetero) is 1. The Morgan fingerprint density at radius 3 is 2.37 bits per heavy atom. The molecule has 1 saturated heterocycles. The lowest BCUT2D eigenvalue weighted by Crippen LogP contribution is -2.35. The molecule has 1 fully saturated rings. The summed E-state index contributed by atoms with van der Waals surface area (Å²) < 4.78 is 32.4. The van der Waals surface area contributed by atoms with Gasteiger partial charge in [0, 0.05) is 32.5 Å². The van der Waals surface area contributed by atoms with Gasteiger partial charge in [0.1, 0.15) is 11.5 Å². The number of sulfonamides is 1. The van der Waals surface area contributed by atoms with Crippen LogP contribution in [0.4, 0.5) is 0 Å². The third-order valence-corrected chi connectivity index (χ3v) is 7.23. The van der Waals surface area contributed by atoms with E-state index in [1.165, 1.54) is 6.92 Å². The van der Waals surface area contributed by atoms with Crippen LogP contribution in [0.2, 0.25) is 0 Å². The van der Waals surface area contributed by atoms with Gasteiger partial charge in [-0.3, -0.25) is 9.59 Å². The Labute approximate surface area is 177 Å². The second kappa shape index (κ2) is 9.57. The fourth-order valence-electron chi connectivity index (χ4n) is 3.58. The number of hydrogen-bond acceptors (Lipinski definition) is 5. The van der Waals surface area contributed by atoms with Crippen molar-refractivity contribution in [3.05, 3.63) is 53.0 Å². The van der Waals surface area contributed by atoms with Gasteiger partial charge < -0.3 is 9.73 Å². The van der Waals surface area contributed by atoms with Gasteiger partial charge >= 0.3 is 0 Å². The highest BCUT2D eigenvalue weighted by molar-refractivity contribution is 7.89. The molecule has 3 rings (SSSR count). The number of nitrogens with one attached hydrogen (secondary N) is 1. The van der Waals surface area contributed by atoms with Crippen molar-refractivity contribution in [3.8, 4) is 0 Å². The summed E-state index contributed by atoms with van der Waals surface area (Å²) in [6, 6.07) is 8.34. The minimum atomic E-state index is -3.45. The zero-order valence-corrected chi connectivity index (χ0v) is 18.3. The largest absolute Gasteiger partial charge is 0.466 e. The van der Waals surface area contributed by atoms with Crippen molar-refractivity contribution in [2.24, 2.45) is 0 Å². The molecule has 1 N–H and O–H groups in total. The summed E-state index contributed by atoms with van der Waals surface area (Å²) in [5.41, 5.74) is 1.37. The summed E-state index contributed by atoms with van der Waals surface area (Å²) in [6.45, 7) is 4.68. The third kappa shape index (κ3) is 5.37. The minimum absolute atomic E-state index is 0.0577. The number of piperidine rings is 1. The number of ketones is 1. The van der Waals surface area contributed by atoms with E-state index >= 15 is 0 Å². The van der Waals surface area contributed by atoms with E-state index in [0.717, 1.165) is 24.8 Å². The van der Waals surface area contributed by atoms with Crippen molar-refractivity contribution in [2.75, 3.05) is 13.1 Å². The van der Waals surface area contributed by atoms with Crippen molar-refractivity contribution in [1.29, 1.82) is 0 Å². The van der Waals surface area contributed by atoms with Gasteiger partial charge in [0.15, 0.2) is 5.78 Å². The average Bonchev–Trinajstić information content (AvgIpc) is 3.12. The van der Waals surface area contributed by atoms with Crippen molar-refractivity contribution in [3.63, 3.8) is 0 Å². The molecular weight excluding hydrogens is 404 g/mol. The highest BCUT2D eigenvalue weighted by Crippen LogP contribution is 2.21. The molecule has 162 valence electrons. The third-order valence-electron chi connectivity index (χ3n) is 5.31. The first-order valence-electron chi connectivity index (χ1n) is 10.2. The maximum absolute atomic E-state index is 12.7. The molecule has 0 unspecified atom stereocenters. The van der Waals surface area contributed by atoms with Gasteiger partial charge in [-0.2, -0.15) is 4.31 Å². The Morgan fingerprint density at radius 2 is 1.77 bits per heavy atom. The first-order valence-corrected chi connectivity index (χ1v) is 11.7. The standard InChI is InChI=1S/C22H28N2O5S/c1-16(25)21-14-19(29-17(21)2)8-11-22(26)23-15-18-6-9-20(10-7-18)30(27,28)24-12-4-3-5-13-24/h6-7,9-10,14H,3-5,8,11-13,15H2,1-2H3,(H,23,26). The summed E-state index contributed by atoms with van der Waals surface area (Å²) in [5.74, 6) is 0.980. The van der Waals surface area contributed by atoms with E-state index in [-0.39, 0.29) is 23.0 Å². The van der Waals surface area contributed by atoms with Gasteiger partial charge in [-0.1, -0.05) is 18.6 Å². The molecule has 8 heteroatoms. The topological polar surface area (TPSA) is 96.7 Å². The van der Waals surface area contributed by atoms with Crippen molar-refractivity contribution in [2.45, 2.75) is 57.4 Å². The van der Waals surface area contributed by atoms with Crippen LogP contribution in [0.3, 0.4) is 0 Å². The second-order valence-corrected chi connectivity index (χ2v) is 9.56. The van der Waals surface area contributed by atoms with E-state index in [4.69, 9.17) is 4.42 Å². The lowest BCUT2D eigenvalue weighted by molar-refractivity contribution is -0.121. The number of nitrogens with zero attached hydrogens (tertiary/aromatic N) is 1. The second-order valence-electron chi connectivity index (χ2n) is 7.62. The van der Waals surface area contributed by atoms with Crippen LogP contribution in [0.25, 0.3) is 0 Å². The van der Waals surface area contributed by atoms with Gasteiger partial charge in [-0.15, -0.1) is 0 Å². The summed E-state index contributed by atoms with van der Waals surface area (Å²) in [7, 11) is -3.45. The normalized spacial score (nSPS) is 15.1. The summed E-state index contributed by atoms with van der Waals surface area (Å²) in [5, 5.41) is 2.83. The maximum Gasteiger partial charge on any atom is 0.243 e. The molecule has 0 radical (unpaired) electrons. The van der Waals surface area contributed by atoms with E-state index in [9.17, 15) is 18.0 Å². The molecule has 2 aromatic rings. The number of amides is 1. The van der Waals surface area contributed by atoms with Crippen LogP contribution in [0, 0.1) is 6.92 Å². The van der Waals surface area contributed by atoms with Crippen LogP contribution in [0.1, 0.15) is 60.0 Å². The zero-order valence-electron chi connectivity index (χ0n) is 17.4. The molecule has 7 nitrogen and oxygen atoms in total. The van der Waals surface area contributed by atoms with Gasteiger partial charge in [-0.25, -0.2) is 8.42 Å². The summed E-state index contributed by atoms with van der Waals surface area (Å²) in [6.07, 6.45) is 3.52. The number of furan rings is 1. The zero-order chi connectivity index (χ0) is 21.7. The predicted octanol–water partition coefficient (Wildman–Crippen LogP) is 3.21. The molecule has 1 aromatic heterocycles. The van der Waals surface area contributed by atoms with E-state index in [0.29, 0.717) is 43.1 Å². The smallest absolute Gasteiger partial charge is 0.243 e. The predicted molar refractivity (Wildman–Crippen MR) is 113 cm³/mol. The van der Waals surface area contributed by atoms with Crippen LogP contribution in [0.5, 0.6) is 0 Å². The molecule has 1 aliphatic heterocycles. The molecule has 0 spiro atoms. The fourth-order valence-corrected chi connectivity index (χ4v) is 5.09. The molecule has 0 atom stereocenters. The lowest BCUT2D eigenvalue weighted by Gasteiger charge is -2.25. The van der Waals surface area contributed by atoms with Crippen molar-refractivity contribution in [1.82, 2.24) is 9.62 Å². The number of hydrogen-bond donors (Lipinski definition) is 1. The molecule has 2 heterocycles. The first-order chi connectivity index (χ1) is 14.3. The fraction of sp³-hybridized carbons (Fsp3) is 0.455. The van der Waals surface area contributed by atoms with Gasteiger partial charge in [0.25, 0.3) is 0 Å². The Morgan fingerprint density at radius 1 is 1.10 bits per heavy atom. The molecule has 0 aliphatic carbocycles. The molecule has 1 aliphatic rings. The van der Waals surface area contributed by atoms with Crippen LogP contribution in [-0.4, -0.2) is 37.5 Å². The quantitative estimate of drug-likeness (QED) is 0.646. The summed E-state index contributed by atoms with van der Waals surface area (Å²) in [4.78, 5) is 23.9. The molecule has 0 bridgehead atoms. The van der Waals surface area contributed by atoms with E-state index in [1.807, 2.05) is 0 Å². The highest BCUT2D eigenvalue weighted by Gasteiger charge is 2.25. The molecular formula is C22H28N2O5S. The van der Waals surface area contributed by atoms with Crippen molar-refractivity contribution < 1.29 is 22.4 Å². The highest BCUT2D eigenvalue weighted by atomic mass is 32.2. The molecule has 0 saturated carbocycles. The van der Waals surface area contributed by atoms with Crippen LogP contribution < -0.4 is 5.32 Å². The van der Waals surface area contributed by atoms with E-state index in [2.05, 4.69) is 5.32 Å². The van der Waals surface area contributed by atoms with Crippen LogP contribution in [-0.2, 0) is 27.8 Å². The Balaban J connectivity index is 1.50. The molecule has 1 aromatic carbocycles. The maximum atomic E-state index is 12.7. The number of aryl methyl sites for hydroxylation is 2. The summed E-state index contributed by atoms with van der Waals surface area (Å²) >= 11 is 0. The number of benzene rings is 1. The van der Waals surface area contributed by atoms with E-state index in [1.54, 1.807) is 41.6 Å². The monoisotopic (exact) mass is 432 g/mol. The van der Waals surface area contributed by atoms with E-state index < -0.39 is 10.0 Å². The average molecular weight is 433 g/mol. The first kappa shape index (κ1) is 22.2. The number of carbonyl (C=O) groups is 2. The van der Waals surface area contributed by atoms with Gasteiger partial charge in [0.05, 0.1) is 10.5 Å². The Hall–Kier alpha value is -2.45. The number of carbonyl (C=O) groups excluding carboxylic acids is 2. The number of rotatable bonds is 8. The minimum Gasteiger partial charge on any atom is -0.466 e. The lowest BCUT2D eigenvalue weighted by atomic mass is 10.1. The van der Waals surface area contributed by atoms with Crippen LogP contribution >= 0.6 is 0 Å². The van der Waals surface area contributed by atoms with Crippen molar-refractivity contribution >= 4 is 21.7 Å². The van der Waals surface area contributed by atoms with Crippen LogP contribution in [0.15, 0.2) is 39.6 Å². The Kier molecular flexibility index (Phi) is 7.10. The van der Waals surface area contributed by atoms with Gasteiger partial charge in [-0.05, 0) is 50.5 Å². The molecule has 30 heavy (non-hydrogen) atoms. The Bertz CT molecular complexity index is 1000. The SMILES string of the molecule is CC(=O)c1cc(CCC(=O)NCc2ccc(S(=O)(=O)N3CCCCC3)cc2)oc1C. The van der Waals surface area contributed by atoms with Gasteiger partial charge in [0.2, 0.25) is 15.9 Å².